The monoisotopic (exact) mass is 343 g/mol. The largest absolute Gasteiger partial charge is 0.356 e. The maximum Gasteiger partial charge on any atom is 0.186 e. The Morgan fingerprint density at radius 1 is 0.885 bits per heavy atom. The Bertz CT molecular complexity index is 1070. The topological polar surface area (TPSA) is 46.3 Å². The highest BCUT2D eigenvalue weighted by atomic mass is 15.4. The first kappa shape index (κ1) is 15.3. The maximum absolute atomic E-state index is 5.05. The molecule has 4 aromatic rings. The van der Waals surface area contributed by atoms with Gasteiger partial charge in [0, 0.05) is 24.0 Å². The van der Waals surface area contributed by atoms with Gasteiger partial charge in [-0.15, -0.1) is 5.10 Å². The first-order valence-corrected chi connectivity index (χ1v) is 9.27. The molecule has 1 saturated heterocycles. The summed E-state index contributed by atoms with van der Waals surface area (Å²) in [4.78, 5) is 7.46. The SMILES string of the molecule is Cc1ccc(-c2nnn3c2nc(N2CCCCC2)c2ccccc23)cc1. The Hall–Kier alpha value is -2.95. The van der Waals surface area contributed by atoms with E-state index < -0.39 is 0 Å². The quantitative estimate of drug-likeness (QED) is 0.546. The summed E-state index contributed by atoms with van der Waals surface area (Å²) in [5.74, 6) is 1.06. The molecule has 1 fully saturated rings. The van der Waals surface area contributed by atoms with Crippen molar-refractivity contribution in [3.8, 4) is 11.3 Å². The molecule has 5 heteroatoms. The van der Waals surface area contributed by atoms with Crippen molar-refractivity contribution in [3.05, 3.63) is 54.1 Å². The Morgan fingerprint density at radius 2 is 1.65 bits per heavy atom. The van der Waals surface area contributed by atoms with Crippen LogP contribution in [0.4, 0.5) is 5.82 Å². The van der Waals surface area contributed by atoms with Crippen molar-refractivity contribution in [1.82, 2.24) is 19.8 Å². The minimum atomic E-state index is 0.827. The normalized spacial score (nSPS) is 15.0. The molecule has 1 aliphatic rings. The van der Waals surface area contributed by atoms with Crippen LogP contribution in [-0.4, -0.2) is 32.9 Å². The van der Waals surface area contributed by atoms with Crippen molar-refractivity contribution in [2.24, 2.45) is 0 Å². The fourth-order valence-corrected chi connectivity index (χ4v) is 3.79. The predicted octanol–water partition coefficient (Wildman–Crippen LogP) is 4.24. The zero-order chi connectivity index (χ0) is 17.5. The number of benzene rings is 2. The van der Waals surface area contributed by atoms with Gasteiger partial charge in [-0.1, -0.05) is 47.2 Å². The van der Waals surface area contributed by atoms with Gasteiger partial charge < -0.3 is 4.90 Å². The lowest BCUT2D eigenvalue weighted by atomic mass is 10.1. The van der Waals surface area contributed by atoms with Crippen molar-refractivity contribution in [3.63, 3.8) is 0 Å². The number of aryl methyl sites for hydroxylation is 1. The van der Waals surface area contributed by atoms with Crippen molar-refractivity contribution < 1.29 is 0 Å². The zero-order valence-electron chi connectivity index (χ0n) is 14.9. The van der Waals surface area contributed by atoms with Crippen molar-refractivity contribution in [2.75, 3.05) is 18.0 Å². The van der Waals surface area contributed by atoms with E-state index in [1.807, 2.05) is 4.52 Å². The molecule has 5 rings (SSSR count). The van der Waals surface area contributed by atoms with Crippen LogP contribution in [0.25, 0.3) is 27.8 Å². The van der Waals surface area contributed by atoms with Crippen molar-refractivity contribution >= 4 is 22.4 Å². The highest BCUT2D eigenvalue weighted by Gasteiger charge is 2.20. The molecule has 0 aliphatic carbocycles. The second-order valence-corrected chi connectivity index (χ2v) is 7.04. The number of anilines is 1. The Balaban J connectivity index is 1.77. The number of para-hydroxylation sites is 1. The molecule has 1 aliphatic heterocycles. The molecule has 0 saturated carbocycles. The van der Waals surface area contributed by atoms with E-state index in [0.29, 0.717) is 0 Å². The van der Waals surface area contributed by atoms with E-state index in [-0.39, 0.29) is 0 Å². The van der Waals surface area contributed by atoms with Gasteiger partial charge in [-0.05, 0) is 38.3 Å². The third-order valence-electron chi connectivity index (χ3n) is 5.21. The summed E-state index contributed by atoms with van der Waals surface area (Å²) in [6, 6.07) is 16.8. The van der Waals surface area contributed by atoms with E-state index in [1.165, 1.54) is 24.8 Å². The van der Waals surface area contributed by atoms with Crippen LogP contribution in [0.15, 0.2) is 48.5 Å². The van der Waals surface area contributed by atoms with Crippen LogP contribution in [0.1, 0.15) is 24.8 Å². The van der Waals surface area contributed by atoms with Crippen LogP contribution in [0.5, 0.6) is 0 Å². The summed E-state index contributed by atoms with van der Waals surface area (Å²) in [7, 11) is 0. The molecule has 0 radical (unpaired) electrons. The van der Waals surface area contributed by atoms with Gasteiger partial charge in [0.05, 0.1) is 5.52 Å². The summed E-state index contributed by atoms with van der Waals surface area (Å²) in [6.07, 6.45) is 3.76. The molecule has 0 N–H and O–H groups in total. The smallest absolute Gasteiger partial charge is 0.186 e. The van der Waals surface area contributed by atoms with Gasteiger partial charge in [0.25, 0.3) is 0 Å². The number of piperidine rings is 1. The van der Waals surface area contributed by atoms with Crippen LogP contribution in [0, 0.1) is 6.92 Å². The molecule has 0 spiro atoms. The van der Waals surface area contributed by atoms with E-state index in [9.17, 15) is 0 Å². The molecule has 3 heterocycles. The lowest BCUT2D eigenvalue weighted by Crippen LogP contribution is -2.30. The standard InChI is InChI=1S/C21H21N5/c1-15-9-11-16(12-10-15)19-21-22-20(25-13-5-2-6-14-25)17-7-3-4-8-18(17)26(21)24-23-19/h3-4,7-12H,2,5-6,13-14H2,1H3. The summed E-state index contributed by atoms with van der Waals surface area (Å²) in [6.45, 7) is 4.22. The molecule has 0 amide bonds. The van der Waals surface area contributed by atoms with E-state index in [4.69, 9.17) is 4.98 Å². The van der Waals surface area contributed by atoms with Gasteiger partial charge in [0.1, 0.15) is 11.5 Å². The third-order valence-corrected chi connectivity index (χ3v) is 5.21. The van der Waals surface area contributed by atoms with Gasteiger partial charge in [-0.25, -0.2) is 4.98 Å². The van der Waals surface area contributed by atoms with Crippen molar-refractivity contribution in [2.45, 2.75) is 26.2 Å². The molecule has 130 valence electrons. The Morgan fingerprint density at radius 3 is 2.46 bits per heavy atom. The zero-order valence-corrected chi connectivity index (χ0v) is 14.9. The minimum absolute atomic E-state index is 0.827. The second-order valence-electron chi connectivity index (χ2n) is 7.04. The Labute approximate surface area is 152 Å². The van der Waals surface area contributed by atoms with E-state index in [1.54, 1.807) is 0 Å². The van der Waals surface area contributed by atoms with Gasteiger partial charge in [-0.2, -0.15) is 4.52 Å². The van der Waals surface area contributed by atoms with E-state index >= 15 is 0 Å². The molecular formula is C21H21N5. The molecule has 0 bridgehead atoms. The van der Waals surface area contributed by atoms with Gasteiger partial charge in [-0.3, -0.25) is 0 Å². The molecule has 5 nitrogen and oxygen atoms in total. The highest BCUT2D eigenvalue weighted by molar-refractivity contribution is 5.93. The molecule has 0 unspecified atom stereocenters. The van der Waals surface area contributed by atoms with Crippen LogP contribution < -0.4 is 4.90 Å². The fraction of sp³-hybridized carbons (Fsp3) is 0.286. The summed E-state index contributed by atoms with van der Waals surface area (Å²) < 4.78 is 1.87. The lowest BCUT2D eigenvalue weighted by molar-refractivity contribution is 0.575. The van der Waals surface area contributed by atoms with Crippen LogP contribution in [0.3, 0.4) is 0 Å². The number of hydrogen-bond donors (Lipinski definition) is 0. The summed E-state index contributed by atoms with van der Waals surface area (Å²) >= 11 is 0. The molecule has 26 heavy (non-hydrogen) atoms. The first-order valence-electron chi connectivity index (χ1n) is 9.27. The van der Waals surface area contributed by atoms with Crippen LogP contribution in [0.2, 0.25) is 0 Å². The number of rotatable bonds is 2. The van der Waals surface area contributed by atoms with Gasteiger partial charge >= 0.3 is 0 Å². The molecule has 2 aromatic carbocycles. The molecule has 2 aromatic heterocycles. The number of aromatic nitrogens is 4. The molecular weight excluding hydrogens is 322 g/mol. The summed E-state index contributed by atoms with van der Waals surface area (Å²) in [5.41, 5.74) is 5.02. The minimum Gasteiger partial charge on any atom is -0.356 e. The van der Waals surface area contributed by atoms with Crippen molar-refractivity contribution in [1.29, 1.82) is 0 Å². The van der Waals surface area contributed by atoms with E-state index in [0.717, 1.165) is 46.7 Å². The van der Waals surface area contributed by atoms with Gasteiger partial charge in [0.15, 0.2) is 5.65 Å². The number of hydrogen-bond acceptors (Lipinski definition) is 4. The third kappa shape index (κ3) is 2.43. The number of fused-ring (bicyclic) bond motifs is 3. The Kier molecular flexibility index (Phi) is 3.59. The summed E-state index contributed by atoms with van der Waals surface area (Å²) in [5, 5.41) is 10.0. The fourth-order valence-electron chi connectivity index (χ4n) is 3.79. The predicted molar refractivity (Wildman–Crippen MR) is 105 cm³/mol. The average Bonchev–Trinajstić information content (AvgIpc) is 3.13. The number of nitrogens with zero attached hydrogens (tertiary/aromatic N) is 5. The highest BCUT2D eigenvalue weighted by Crippen LogP contribution is 2.31. The van der Waals surface area contributed by atoms with Crippen LogP contribution >= 0.6 is 0 Å². The first-order chi connectivity index (χ1) is 12.8. The molecule has 0 atom stereocenters. The maximum atomic E-state index is 5.05. The lowest BCUT2D eigenvalue weighted by Gasteiger charge is -2.28. The van der Waals surface area contributed by atoms with E-state index in [2.05, 4.69) is 70.7 Å². The second kappa shape index (κ2) is 6.09. The van der Waals surface area contributed by atoms with Gasteiger partial charge in [0.2, 0.25) is 0 Å². The van der Waals surface area contributed by atoms with Crippen LogP contribution in [-0.2, 0) is 0 Å². The average molecular weight is 343 g/mol.